The highest BCUT2D eigenvalue weighted by Gasteiger charge is 2.17. The predicted octanol–water partition coefficient (Wildman–Crippen LogP) is 3.75. The van der Waals surface area contributed by atoms with E-state index >= 15 is 0 Å². The van der Waals surface area contributed by atoms with Gasteiger partial charge in [0.05, 0.1) is 29.6 Å². The van der Waals surface area contributed by atoms with Crippen LogP contribution in [0.4, 0.5) is 14.5 Å². The summed E-state index contributed by atoms with van der Waals surface area (Å²) in [6.45, 7) is 1.94. The molecule has 0 saturated carbocycles. The first kappa shape index (κ1) is 19.5. The number of hydrogen-bond donors (Lipinski definition) is 1. The number of ether oxygens (including phenoxy) is 2. The standard InChI is InChI=1S/C18H15F2N3O4S/c1-2-26-16-8-7-13(9-15(16)20)28(24,25)23-12-10-21-18(22-11-12)27-17-6-4-3-5-14(17)19/h3-11,23H,2H2,1H3. The molecule has 10 heteroatoms. The molecule has 28 heavy (non-hydrogen) atoms. The number of nitrogens with zero attached hydrogens (tertiary/aromatic N) is 2. The molecule has 0 unspecified atom stereocenters. The van der Waals surface area contributed by atoms with E-state index in [1.807, 2.05) is 0 Å². The van der Waals surface area contributed by atoms with E-state index in [1.54, 1.807) is 13.0 Å². The molecule has 0 saturated heterocycles. The highest BCUT2D eigenvalue weighted by atomic mass is 32.2. The Labute approximate surface area is 160 Å². The van der Waals surface area contributed by atoms with Crippen LogP contribution in [0.1, 0.15) is 6.92 Å². The van der Waals surface area contributed by atoms with Crippen molar-refractivity contribution in [2.75, 3.05) is 11.3 Å². The van der Waals surface area contributed by atoms with E-state index in [4.69, 9.17) is 9.47 Å². The molecule has 1 heterocycles. The molecule has 2 aromatic carbocycles. The third kappa shape index (κ3) is 4.52. The number of hydrogen-bond acceptors (Lipinski definition) is 6. The van der Waals surface area contributed by atoms with E-state index in [-0.39, 0.29) is 34.7 Å². The summed E-state index contributed by atoms with van der Waals surface area (Å²) in [5.41, 5.74) is 0.0233. The van der Waals surface area contributed by atoms with Gasteiger partial charge >= 0.3 is 6.01 Å². The molecule has 0 aliphatic heterocycles. The SMILES string of the molecule is CCOc1ccc(S(=O)(=O)Nc2cnc(Oc3ccccc3F)nc2)cc1F. The highest BCUT2D eigenvalue weighted by molar-refractivity contribution is 7.92. The topological polar surface area (TPSA) is 90.4 Å². The summed E-state index contributed by atoms with van der Waals surface area (Å²) in [5, 5.41) is 0. The normalized spacial score (nSPS) is 11.1. The summed E-state index contributed by atoms with van der Waals surface area (Å²) in [7, 11) is -4.07. The van der Waals surface area contributed by atoms with E-state index in [2.05, 4.69) is 14.7 Å². The van der Waals surface area contributed by atoms with E-state index in [9.17, 15) is 17.2 Å². The second-order valence-electron chi connectivity index (χ2n) is 5.42. The lowest BCUT2D eigenvalue weighted by Crippen LogP contribution is -2.14. The lowest BCUT2D eigenvalue weighted by atomic mass is 10.3. The van der Waals surface area contributed by atoms with Crippen molar-refractivity contribution in [2.24, 2.45) is 0 Å². The Hall–Kier alpha value is -3.27. The monoisotopic (exact) mass is 407 g/mol. The van der Waals surface area contributed by atoms with Crippen LogP contribution in [-0.2, 0) is 10.0 Å². The van der Waals surface area contributed by atoms with Gasteiger partial charge in [0.25, 0.3) is 10.0 Å². The summed E-state index contributed by atoms with van der Waals surface area (Å²) in [4.78, 5) is 7.36. The molecule has 0 atom stereocenters. The summed E-state index contributed by atoms with van der Waals surface area (Å²) >= 11 is 0. The zero-order chi connectivity index (χ0) is 20.1. The van der Waals surface area contributed by atoms with Crippen molar-refractivity contribution in [3.8, 4) is 17.5 Å². The van der Waals surface area contributed by atoms with Gasteiger partial charge in [0.2, 0.25) is 0 Å². The lowest BCUT2D eigenvalue weighted by Gasteiger charge is -2.10. The number of sulfonamides is 1. The molecule has 0 amide bonds. The highest BCUT2D eigenvalue weighted by Crippen LogP contribution is 2.24. The Morgan fingerprint density at radius 3 is 2.36 bits per heavy atom. The Balaban J connectivity index is 1.74. The smallest absolute Gasteiger partial charge is 0.322 e. The zero-order valence-electron chi connectivity index (χ0n) is 14.6. The molecule has 1 aromatic heterocycles. The van der Waals surface area contributed by atoms with E-state index < -0.39 is 21.7 Å². The molecule has 146 valence electrons. The van der Waals surface area contributed by atoms with Gasteiger partial charge in [0.15, 0.2) is 23.1 Å². The van der Waals surface area contributed by atoms with Gasteiger partial charge in [-0.25, -0.2) is 27.2 Å². The molecule has 0 radical (unpaired) electrons. The maximum atomic E-state index is 13.9. The zero-order valence-corrected chi connectivity index (χ0v) is 15.4. The number of anilines is 1. The third-order valence-electron chi connectivity index (χ3n) is 3.43. The Kier molecular flexibility index (Phi) is 5.69. The van der Waals surface area contributed by atoms with Crippen molar-refractivity contribution in [1.82, 2.24) is 9.97 Å². The van der Waals surface area contributed by atoms with Gasteiger partial charge in [-0.05, 0) is 37.3 Å². The van der Waals surface area contributed by atoms with Gasteiger partial charge in [-0.2, -0.15) is 0 Å². The molecule has 0 aliphatic carbocycles. The number of aromatic nitrogens is 2. The van der Waals surface area contributed by atoms with Crippen molar-refractivity contribution < 1.29 is 26.7 Å². The van der Waals surface area contributed by atoms with Crippen molar-refractivity contribution >= 4 is 15.7 Å². The predicted molar refractivity (Wildman–Crippen MR) is 96.9 cm³/mol. The Bertz CT molecular complexity index is 1080. The fraction of sp³-hybridized carbons (Fsp3) is 0.111. The maximum Gasteiger partial charge on any atom is 0.322 e. The summed E-state index contributed by atoms with van der Waals surface area (Å²) < 4.78 is 64.7. The largest absolute Gasteiger partial charge is 0.491 e. The second-order valence-corrected chi connectivity index (χ2v) is 7.10. The van der Waals surface area contributed by atoms with Crippen LogP contribution in [-0.4, -0.2) is 25.0 Å². The molecule has 7 nitrogen and oxygen atoms in total. The fourth-order valence-electron chi connectivity index (χ4n) is 2.18. The van der Waals surface area contributed by atoms with Gasteiger partial charge < -0.3 is 9.47 Å². The van der Waals surface area contributed by atoms with Gasteiger partial charge in [0.1, 0.15) is 0 Å². The van der Waals surface area contributed by atoms with E-state index in [1.165, 1.54) is 30.3 Å². The first-order valence-corrected chi connectivity index (χ1v) is 9.57. The molecule has 0 fully saturated rings. The minimum absolute atomic E-state index is 0.0233. The number of benzene rings is 2. The lowest BCUT2D eigenvalue weighted by molar-refractivity contribution is 0.321. The molecule has 0 spiro atoms. The molecular formula is C18H15F2N3O4S. The van der Waals surface area contributed by atoms with Crippen LogP contribution < -0.4 is 14.2 Å². The summed E-state index contributed by atoms with van der Waals surface area (Å²) in [6.07, 6.45) is 2.29. The van der Waals surface area contributed by atoms with Gasteiger partial charge in [-0.1, -0.05) is 12.1 Å². The van der Waals surface area contributed by atoms with Crippen molar-refractivity contribution in [3.63, 3.8) is 0 Å². The Morgan fingerprint density at radius 2 is 1.71 bits per heavy atom. The molecule has 1 N–H and O–H groups in total. The number of nitrogens with one attached hydrogen (secondary N) is 1. The minimum Gasteiger partial charge on any atom is -0.491 e. The van der Waals surface area contributed by atoms with Crippen molar-refractivity contribution in [2.45, 2.75) is 11.8 Å². The van der Waals surface area contributed by atoms with E-state index in [0.717, 1.165) is 18.5 Å². The van der Waals surface area contributed by atoms with Crippen LogP contribution in [0.2, 0.25) is 0 Å². The molecule has 3 rings (SSSR count). The number of rotatable bonds is 7. The first-order valence-electron chi connectivity index (χ1n) is 8.08. The molecule has 0 bridgehead atoms. The minimum atomic E-state index is -4.07. The van der Waals surface area contributed by atoms with Crippen molar-refractivity contribution in [1.29, 1.82) is 0 Å². The van der Waals surface area contributed by atoms with Gasteiger partial charge in [0, 0.05) is 0 Å². The van der Waals surface area contributed by atoms with Gasteiger partial charge in [-0.3, -0.25) is 4.72 Å². The van der Waals surface area contributed by atoms with Gasteiger partial charge in [-0.15, -0.1) is 0 Å². The first-order chi connectivity index (χ1) is 13.4. The fourth-order valence-corrected chi connectivity index (χ4v) is 3.22. The summed E-state index contributed by atoms with van der Waals surface area (Å²) in [6, 6.07) is 8.83. The number of halogens is 2. The Morgan fingerprint density at radius 1 is 1.00 bits per heavy atom. The van der Waals surface area contributed by atoms with Crippen LogP contribution in [0, 0.1) is 11.6 Å². The molecular weight excluding hydrogens is 392 g/mol. The molecule has 3 aromatic rings. The van der Waals surface area contributed by atoms with Crippen LogP contribution >= 0.6 is 0 Å². The molecule has 0 aliphatic rings. The summed E-state index contributed by atoms with van der Waals surface area (Å²) in [5.74, 6) is -1.50. The van der Waals surface area contributed by atoms with Crippen LogP contribution in [0.5, 0.6) is 17.5 Å². The van der Waals surface area contributed by atoms with Crippen molar-refractivity contribution in [3.05, 3.63) is 66.5 Å². The maximum absolute atomic E-state index is 13.9. The average Bonchev–Trinajstić information content (AvgIpc) is 2.66. The van der Waals surface area contributed by atoms with Crippen LogP contribution in [0.3, 0.4) is 0 Å². The van der Waals surface area contributed by atoms with Crippen LogP contribution in [0.15, 0.2) is 59.8 Å². The second kappa shape index (κ2) is 8.17. The number of para-hydroxylation sites is 1. The third-order valence-corrected chi connectivity index (χ3v) is 4.81. The van der Waals surface area contributed by atoms with E-state index in [0.29, 0.717) is 0 Å². The average molecular weight is 407 g/mol. The quantitative estimate of drug-likeness (QED) is 0.642. The van der Waals surface area contributed by atoms with Crippen LogP contribution in [0.25, 0.3) is 0 Å².